The van der Waals surface area contributed by atoms with Gasteiger partial charge in [0.05, 0.1) is 14.2 Å². The third-order valence-corrected chi connectivity index (χ3v) is 11.4. The molecule has 0 spiro atoms. The van der Waals surface area contributed by atoms with Gasteiger partial charge in [0.2, 0.25) is 21.8 Å². The molecule has 43 heavy (non-hydrogen) atoms. The minimum absolute atomic E-state index is 0.0463. The predicted molar refractivity (Wildman–Crippen MR) is 170 cm³/mol. The number of aryl methyl sites for hydroxylation is 1. The summed E-state index contributed by atoms with van der Waals surface area (Å²) in [5.41, 5.74) is 0.223. The third-order valence-electron chi connectivity index (χ3n) is 7.02. The number of aliphatic hydroxyl groups is 1. The highest BCUT2D eigenvalue weighted by atomic mass is 79.9. The Morgan fingerprint density at radius 1 is 1.09 bits per heavy atom. The molecular formula is C29H36BrFN4O6SSi. The second-order valence-corrected chi connectivity index (χ2v) is 20.1. The molecule has 2 aromatic heterocycles. The Hall–Kier alpha value is -3.20. The Morgan fingerprint density at radius 2 is 1.74 bits per heavy atom. The average molecular weight is 696 g/mol. The highest BCUT2D eigenvalue weighted by Gasteiger charge is 2.40. The van der Waals surface area contributed by atoms with Crippen molar-refractivity contribution in [2.75, 3.05) is 25.1 Å². The van der Waals surface area contributed by atoms with E-state index in [-0.39, 0.29) is 23.9 Å². The van der Waals surface area contributed by atoms with E-state index in [9.17, 15) is 17.9 Å². The number of hydrogen-bond acceptors (Lipinski definition) is 8. The van der Waals surface area contributed by atoms with Crippen LogP contribution in [-0.2, 0) is 10.0 Å². The number of halogens is 2. The molecule has 10 nitrogen and oxygen atoms in total. The number of para-hydroxylation sites is 1. The minimum atomic E-state index is -4.39. The van der Waals surface area contributed by atoms with Gasteiger partial charge in [-0.3, -0.25) is 4.57 Å². The van der Waals surface area contributed by atoms with Crippen LogP contribution in [0.2, 0.25) is 25.7 Å². The van der Waals surface area contributed by atoms with E-state index in [0.29, 0.717) is 39.2 Å². The van der Waals surface area contributed by atoms with E-state index in [2.05, 4.69) is 45.8 Å². The number of rotatable bonds is 12. The molecule has 0 saturated carbocycles. The lowest BCUT2D eigenvalue weighted by Crippen LogP contribution is -2.44. The van der Waals surface area contributed by atoms with Gasteiger partial charge in [-0.05, 0) is 56.3 Å². The van der Waals surface area contributed by atoms with E-state index in [4.69, 9.17) is 13.9 Å². The van der Waals surface area contributed by atoms with Gasteiger partial charge in [0.25, 0.3) is 0 Å². The van der Waals surface area contributed by atoms with Crippen LogP contribution in [0.3, 0.4) is 0 Å². The van der Waals surface area contributed by atoms with Crippen LogP contribution in [0.4, 0.5) is 10.3 Å². The molecule has 232 valence electrons. The Balaban J connectivity index is 1.97. The van der Waals surface area contributed by atoms with Crippen LogP contribution in [0.25, 0.3) is 17.3 Å². The van der Waals surface area contributed by atoms with Crippen molar-refractivity contribution in [2.24, 2.45) is 0 Å². The molecule has 0 saturated heterocycles. The van der Waals surface area contributed by atoms with Crippen molar-refractivity contribution in [3.8, 4) is 28.8 Å². The Kier molecular flexibility index (Phi) is 9.74. The number of nitrogens with zero attached hydrogens (tertiary/aromatic N) is 4. The fourth-order valence-corrected chi connectivity index (χ4v) is 7.50. The first-order valence-corrected chi connectivity index (χ1v) is 19.6. The van der Waals surface area contributed by atoms with Crippen LogP contribution < -0.4 is 13.8 Å². The predicted octanol–water partition coefficient (Wildman–Crippen LogP) is 6.35. The van der Waals surface area contributed by atoms with Gasteiger partial charge in [0.15, 0.2) is 5.76 Å². The van der Waals surface area contributed by atoms with E-state index in [0.717, 1.165) is 4.31 Å². The molecule has 2 aromatic carbocycles. The van der Waals surface area contributed by atoms with Crippen LogP contribution in [0.5, 0.6) is 11.5 Å². The van der Waals surface area contributed by atoms with Crippen molar-refractivity contribution >= 4 is 40.0 Å². The molecule has 0 aliphatic rings. The van der Waals surface area contributed by atoms with Gasteiger partial charge in [-0.1, -0.05) is 47.7 Å². The van der Waals surface area contributed by atoms with Crippen LogP contribution in [0, 0.1) is 12.7 Å². The molecule has 0 aliphatic heterocycles. The minimum Gasteiger partial charge on any atom is -0.494 e. The summed E-state index contributed by atoms with van der Waals surface area (Å²) in [5, 5.41) is 18.5. The van der Waals surface area contributed by atoms with Crippen LogP contribution in [0.1, 0.15) is 24.4 Å². The first kappa shape index (κ1) is 32.7. The molecule has 14 heteroatoms. The molecule has 2 atom stereocenters. The smallest absolute Gasteiger partial charge is 0.246 e. The second kappa shape index (κ2) is 12.8. The number of aliphatic hydroxyl groups excluding tert-OH is 1. The molecule has 0 bridgehead atoms. The van der Waals surface area contributed by atoms with Gasteiger partial charge >= 0.3 is 0 Å². The number of anilines is 1. The lowest BCUT2D eigenvalue weighted by molar-refractivity contribution is 0.171. The van der Waals surface area contributed by atoms with E-state index < -0.39 is 35.3 Å². The molecule has 0 radical (unpaired) electrons. The number of benzene rings is 2. The summed E-state index contributed by atoms with van der Waals surface area (Å²) in [7, 11) is -3.23. The normalized spacial score (nSPS) is 13.5. The zero-order valence-electron chi connectivity index (χ0n) is 25.1. The summed E-state index contributed by atoms with van der Waals surface area (Å²) in [5.74, 6) is 1.14. The van der Waals surface area contributed by atoms with Crippen LogP contribution in [0.15, 0.2) is 57.4 Å². The summed E-state index contributed by atoms with van der Waals surface area (Å²) < 4.78 is 64.2. The lowest BCUT2D eigenvalue weighted by atomic mass is 10.1. The maximum Gasteiger partial charge on any atom is 0.246 e. The zero-order chi connectivity index (χ0) is 31.7. The summed E-state index contributed by atoms with van der Waals surface area (Å²) in [6.45, 7) is 9.55. The largest absolute Gasteiger partial charge is 0.494 e. The van der Waals surface area contributed by atoms with Crippen molar-refractivity contribution in [3.63, 3.8) is 0 Å². The molecule has 0 fully saturated rings. The van der Waals surface area contributed by atoms with Crippen LogP contribution in [-0.4, -0.2) is 62.4 Å². The van der Waals surface area contributed by atoms with Crippen molar-refractivity contribution in [1.82, 2.24) is 14.8 Å². The molecule has 1 N–H and O–H groups in total. The molecule has 0 unspecified atom stereocenters. The van der Waals surface area contributed by atoms with Gasteiger partial charge in [-0.25, -0.2) is 17.1 Å². The maximum atomic E-state index is 14.9. The zero-order valence-corrected chi connectivity index (χ0v) is 28.5. The van der Waals surface area contributed by atoms with Crippen molar-refractivity contribution < 1.29 is 31.8 Å². The highest BCUT2D eigenvalue weighted by molar-refractivity contribution is 9.10. The van der Waals surface area contributed by atoms with Gasteiger partial charge in [-0.15, -0.1) is 10.2 Å². The number of furan rings is 1. The van der Waals surface area contributed by atoms with Crippen LogP contribution >= 0.6 is 15.9 Å². The summed E-state index contributed by atoms with van der Waals surface area (Å²) in [6, 6.07) is 13.3. The van der Waals surface area contributed by atoms with Crippen molar-refractivity contribution in [2.45, 2.75) is 50.9 Å². The first-order valence-electron chi connectivity index (χ1n) is 13.6. The van der Waals surface area contributed by atoms with Crippen molar-refractivity contribution in [1.29, 1.82) is 0 Å². The van der Waals surface area contributed by atoms with Gasteiger partial charge < -0.3 is 19.0 Å². The molecular weight excluding hydrogens is 659 g/mol. The Labute approximate surface area is 260 Å². The third kappa shape index (κ3) is 6.81. The van der Waals surface area contributed by atoms with Crippen molar-refractivity contribution in [3.05, 3.63) is 70.1 Å². The van der Waals surface area contributed by atoms with E-state index >= 15 is 0 Å². The SMILES string of the molecule is COc1cccc(OC)c1-n1c(-c2ccc(C)o2)nnc1N(CC[Si](C)(C)C)S(=O)(=O)[C@H](C)[C@H](O)c1ccc(Br)cc1F. The fraction of sp³-hybridized carbons (Fsp3) is 0.379. The Bertz CT molecular complexity index is 1680. The average Bonchev–Trinajstić information content (AvgIpc) is 3.57. The first-order chi connectivity index (χ1) is 20.2. The second-order valence-electron chi connectivity index (χ2n) is 11.3. The van der Waals surface area contributed by atoms with E-state index in [1.165, 1.54) is 37.8 Å². The van der Waals surface area contributed by atoms with E-state index in [1.54, 1.807) is 43.3 Å². The maximum absolute atomic E-state index is 14.9. The topological polar surface area (TPSA) is 120 Å². The van der Waals surface area contributed by atoms with Gasteiger partial charge in [0.1, 0.15) is 40.1 Å². The number of sulfonamides is 1. The summed E-state index contributed by atoms with van der Waals surface area (Å²) in [6.07, 6.45) is -1.67. The number of methoxy groups -OCH3 is 2. The quantitative estimate of drug-likeness (QED) is 0.170. The lowest BCUT2D eigenvalue weighted by Gasteiger charge is -2.31. The van der Waals surface area contributed by atoms with Gasteiger partial charge in [0, 0.05) is 24.7 Å². The molecule has 4 aromatic rings. The number of hydrogen-bond donors (Lipinski definition) is 1. The summed E-state index contributed by atoms with van der Waals surface area (Å²) in [4.78, 5) is 0. The molecule has 0 amide bonds. The number of aromatic nitrogens is 3. The molecule has 0 aliphatic carbocycles. The standard InChI is InChI=1S/C29H36BrFN4O6SSi/c1-18-11-14-25(41-18)28-32-33-29(35(28)26-23(39-3)9-8-10-24(26)40-4)34(15-16-43(5,6)7)42(37,38)19(2)27(36)21-13-12-20(30)17-22(21)31/h8-14,17,19,27,36H,15-16H2,1-7H3/t19-,27+/m1/s1. The van der Waals surface area contributed by atoms with E-state index in [1.807, 2.05) is 0 Å². The monoisotopic (exact) mass is 694 g/mol. The number of ether oxygens (including phenoxy) is 2. The van der Waals surface area contributed by atoms with Gasteiger partial charge in [-0.2, -0.15) is 0 Å². The summed E-state index contributed by atoms with van der Waals surface area (Å²) >= 11 is 3.20. The molecule has 2 heterocycles. The highest BCUT2D eigenvalue weighted by Crippen LogP contribution is 2.40. The molecule has 4 rings (SSSR count). The Morgan fingerprint density at radius 3 is 2.28 bits per heavy atom. The fourth-order valence-electron chi connectivity index (χ4n) is 4.55.